The highest BCUT2D eigenvalue weighted by Gasteiger charge is 2.10. The molecule has 0 aliphatic heterocycles. The van der Waals surface area contributed by atoms with E-state index in [9.17, 15) is 14.9 Å². The number of hydrogen-bond acceptors (Lipinski definition) is 4. The summed E-state index contributed by atoms with van der Waals surface area (Å²) >= 11 is 0. The number of ether oxygens (including phenoxy) is 1. The minimum absolute atomic E-state index is 0.0978. The highest BCUT2D eigenvalue weighted by Crippen LogP contribution is 2.12. The molecule has 6 nitrogen and oxygen atoms in total. The van der Waals surface area contributed by atoms with E-state index in [1.165, 1.54) is 31.4 Å². The molecule has 0 radical (unpaired) electrons. The highest BCUT2D eigenvalue weighted by molar-refractivity contribution is 5.94. The van der Waals surface area contributed by atoms with Crippen LogP contribution in [0.5, 0.6) is 0 Å². The van der Waals surface area contributed by atoms with E-state index in [1.807, 2.05) is 0 Å². The zero-order valence-electron chi connectivity index (χ0n) is 8.80. The Balaban J connectivity index is 2.68. The van der Waals surface area contributed by atoms with Gasteiger partial charge in [0.25, 0.3) is 11.6 Å². The van der Waals surface area contributed by atoms with Gasteiger partial charge in [0.2, 0.25) is 0 Å². The fourth-order valence-electron chi connectivity index (χ4n) is 1.13. The number of non-ortho nitro benzene ring substituents is 1. The Hall–Kier alpha value is -1.95. The van der Waals surface area contributed by atoms with Crippen molar-refractivity contribution in [1.29, 1.82) is 0 Å². The van der Waals surface area contributed by atoms with E-state index in [0.29, 0.717) is 13.2 Å². The molecule has 0 saturated heterocycles. The van der Waals surface area contributed by atoms with E-state index in [2.05, 4.69) is 5.32 Å². The van der Waals surface area contributed by atoms with Crippen LogP contribution in [0.25, 0.3) is 0 Å². The van der Waals surface area contributed by atoms with Crippen LogP contribution in [0.1, 0.15) is 10.4 Å². The predicted octanol–water partition coefficient (Wildman–Crippen LogP) is 0.971. The lowest BCUT2D eigenvalue weighted by molar-refractivity contribution is -0.384. The first-order chi connectivity index (χ1) is 7.65. The number of methoxy groups -OCH3 is 1. The lowest BCUT2D eigenvalue weighted by Gasteiger charge is -2.03. The second-order valence-electron chi connectivity index (χ2n) is 3.06. The van der Waals surface area contributed by atoms with Crippen molar-refractivity contribution in [2.24, 2.45) is 0 Å². The van der Waals surface area contributed by atoms with Crippen LogP contribution in [-0.4, -0.2) is 31.1 Å². The summed E-state index contributed by atoms with van der Waals surface area (Å²) in [5, 5.41) is 13.1. The smallest absolute Gasteiger partial charge is 0.270 e. The van der Waals surface area contributed by atoms with Gasteiger partial charge in [0.1, 0.15) is 0 Å². The zero-order chi connectivity index (χ0) is 12.0. The summed E-state index contributed by atoms with van der Waals surface area (Å²) in [6.07, 6.45) is 0. The van der Waals surface area contributed by atoms with E-state index < -0.39 is 4.92 Å². The van der Waals surface area contributed by atoms with Gasteiger partial charge in [0.05, 0.1) is 11.5 Å². The average molecular weight is 224 g/mol. The largest absolute Gasteiger partial charge is 0.383 e. The summed E-state index contributed by atoms with van der Waals surface area (Å²) in [6.45, 7) is 0.776. The third-order valence-electron chi connectivity index (χ3n) is 1.91. The minimum atomic E-state index is -0.536. The van der Waals surface area contributed by atoms with Crippen molar-refractivity contribution in [2.75, 3.05) is 20.3 Å². The van der Waals surface area contributed by atoms with Crippen molar-refractivity contribution < 1.29 is 14.5 Å². The van der Waals surface area contributed by atoms with Crippen LogP contribution in [0.3, 0.4) is 0 Å². The summed E-state index contributed by atoms with van der Waals surface area (Å²) in [7, 11) is 1.53. The summed E-state index contributed by atoms with van der Waals surface area (Å²) in [5.74, 6) is -0.347. The summed E-state index contributed by atoms with van der Waals surface area (Å²) in [4.78, 5) is 21.5. The highest BCUT2D eigenvalue weighted by atomic mass is 16.6. The van der Waals surface area contributed by atoms with Crippen molar-refractivity contribution >= 4 is 11.6 Å². The van der Waals surface area contributed by atoms with Gasteiger partial charge in [-0.05, 0) is 6.07 Å². The number of nitro benzene ring substituents is 1. The fraction of sp³-hybridized carbons (Fsp3) is 0.300. The molecule has 1 N–H and O–H groups in total. The van der Waals surface area contributed by atoms with Gasteiger partial charge in [-0.3, -0.25) is 14.9 Å². The number of benzene rings is 1. The number of nitro groups is 1. The lowest BCUT2D eigenvalue weighted by Crippen LogP contribution is -2.26. The molecule has 1 rings (SSSR count). The number of carbonyl (C=O) groups excluding carboxylic acids is 1. The monoisotopic (exact) mass is 224 g/mol. The van der Waals surface area contributed by atoms with Crippen LogP contribution in [0.15, 0.2) is 24.3 Å². The third-order valence-corrected chi connectivity index (χ3v) is 1.91. The topological polar surface area (TPSA) is 81.5 Å². The molecule has 86 valence electrons. The zero-order valence-corrected chi connectivity index (χ0v) is 8.80. The molecule has 0 saturated carbocycles. The number of amides is 1. The van der Waals surface area contributed by atoms with Crippen molar-refractivity contribution in [2.45, 2.75) is 0 Å². The molecule has 0 fully saturated rings. The molecule has 0 spiro atoms. The molecule has 0 aliphatic rings. The van der Waals surface area contributed by atoms with Gasteiger partial charge in [-0.1, -0.05) is 6.07 Å². The van der Waals surface area contributed by atoms with Gasteiger partial charge in [-0.2, -0.15) is 0 Å². The molecule has 0 heterocycles. The van der Waals surface area contributed by atoms with Crippen LogP contribution in [0.4, 0.5) is 5.69 Å². The van der Waals surface area contributed by atoms with Crippen LogP contribution in [-0.2, 0) is 4.74 Å². The maximum Gasteiger partial charge on any atom is 0.270 e. The Bertz CT molecular complexity index is 392. The van der Waals surface area contributed by atoms with Gasteiger partial charge < -0.3 is 10.1 Å². The molecule has 1 aromatic carbocycles. The Morgan fingerprint density at radius 3 is 2.94 bits per heavy atom. The van der Waals surface area contributed by atoms with Gasteiger partial charge in [-0.15, -0.1) is 0 Å². The quantitative estimate of drug-likeness (QED) is 0.459. The first kappa shape index (κ1) is 12.1. The predicted molar refractivity (Wildman–Crippen MR) is 57.3 cm³/mol. The Morgan fingerprint density at radius 1 is 1.56 bits per heavy atom. The second-order valence-corrected chi connectivity index (χ2v) is 3.06. The van der Waals surface area contributed by atoms with Crippen LogP contribution >= 0.6 is 0 Å². The van der Waals surface area contributed by atoms with Crippen LogP contribution in [0.2, 0.25) is 0 Å². The summed E-state index contributed by atoms with van der Waals surface area (Å²) < 4.78 is 4.77. The third kappa shape index (κ3) is 3.32. The van der Waals surface area contributed by atoms with E-state index in [0.717, 1.165) is 0 Å². The average Bonchev–Trinajstić information content (AvgIpc) is 2.29. The second kappa shape index (κ2) is 5.82. The molecular formula is C10H12N2O4. The SMILES string of the molecule is COCCNC(=O)c1cccc([N+](=O)[O-])c1. The standard InChI is InChI=1S/C10H12N2O4/c1-16-6-5-11-10(13)8-3-2-4-9(7-8)12(14)15/h2-4,7H,5-6H2,1H3,(H,11,13). The van der Waals surface area contributed by atoms with Crippen molar-refractivity contribution in [1.82, 2.24) is 5.32 Å². The molecule has 16 heavy (non-hydrogen) atoms. The van der Waals surface area contributed by atoms with E-state index in [1.54, 1.807) is 0 Å². The molecule has 0 atom stereocenters. The minimum Gasteiger partial charge on any atom is -0.383 e. The lowest BCUT2D eigenvalue weighted by atomic mass is 10.2. The van der Waals surface area contributed by atoms with Gasteiger partial charge in [0, 0.05) is 31.4 Å². The Morgan fingerprint density at radius 2 is 2.31 bits per heavy atom. The first-order valence-electron chi connectivity index (χ1n) is 4.66. The van der Waals surface area contributed by atoms with E-state index in [4.69, 9.17) is 4.74 Å². The van der Waals surface area contributed by atoms with Gasteiger partial charge >= 0.3 is 0 Å². The van der Waals surface area contributed by atoms with Gasteiger partial charge in [0.15, 0.2) is 0 Å². The van der Waals surface area contributed by atoms with Crippen molar-refractivity contribution in [3.8, 4) is 0 Å². The number of nitrogens with one attached hydrogen (secondary N) is 1. The maximum atomic E-state index is 11.5. The first-order valence-corrected chi connectivity index (χ1v) is 4.66. The number of nitrogens with zero attached hydrogens (tertiary/aromatic N) is 1. The normalized spacial score (nSPS) is 9.81. The van der Waals surface area contributed by atoms with Crippen molar-refractivity contribution in [3.63, 3.8) is 0 Å². The van der Waals surface area contributed by atoms with Gasteiger partial charge in [-0.25, -0.2) is 0 Å². The number of rotatable bonds is 5. The maximum absolute atomic E-state index is 11.5. The Labute approximate surface area is 92.4 Å². The Kier molecular flexibility index (Phi) is 4.41. The summed E-state index contributed by atoms with van der Waals surface area (Å²) in [5.41, 5.74) is 0.171. The number of carbonyl (C=O) groups is 1. The van der Waals surface area contributed by atoms with E-state index in [-0.39, 0.29) is 17.2 Å². The van der Waals surface area contributed by atoms with Crippen molar-refractivity contribution in [3.05, 3.63) is 39.9 Å². The van der Waals surface area contributed by atoms with E-state index >= 15 is 0 Å². The van der Waals surface area contributed by atoms with Crippen LogP contribution in [0, 0.1) is 10.1 Å². The molecule has 0 bridgehead atoms. The molecule has 1 aromatic rings. The molecule has 0 aromatic heterocycles. The van der Waals surface area contributed by atoms with Crippen LogP contribution < -0.4 is 5.32 Å². The molecule has 6 heteroatoms. The number of hydrogen-bond donors (Lipinski definition) is 1. The molecule has 1 amide bonds. The fourth-order valence-corrected chi connectivity index (χ4v) is 1.13. The summed E-state index contributed by atoms with van der Waals surface area (Å²) in [6, 6.07) is 5.58. The molecule has 0 aliphatic carbocycles. The molecular weight excluding hydrogens is 212 g/mol. The molecule has 0 unspecified atom stereocenters.